The molecule has 0 radical (unpaired) electrons. The molecule has 0 aliphatic heterocycles. The van der Waals surface area contributed by atoms with E-state index in [1.54, 1.807) is 12.4 Å². The minimum atomic E-state index is 0.479. The van der Waals surface area contributed by atoms with Crippen molar-refractivity contribution in [3.63, 3.8) is 0 Å². The zero-order valence-electron chi connectivity index (χ0n) is 13.8. The van der Waals surface area contributed by atoms with Gasteiger partial charge in [0.1, 0.15) is 11.5 Å². The Labute approximate surface area is 145 Å². The lowest BCUT2D eigenvalue weighted by Crippen LogP contribution is -2.12. The number of hydrogen-bond acceptors (Lipinski definition) is 3. The van der Waals surface area contributed by atoms with Crippen LogP contribution in [-0.2, 0) is 0 Å². The van der Waals surface area contributed by atoms with Crippen LogP contribution in [-0.4, -0.2) is 20.4 Å². The molecule has 0 saturated heterocycles. The summed E-state index contributed by atoms with van der Waals surface area (Å²) >= 11 is 0. The highest BCUT2D eigenvalue weighted by Crippen LogP contribution is 2.19. The minimum Gasteiger partial charge on any atom is -0.383 e. The highest BCUT2D eigenvalue weighted by molar-refractivity contribution is 5.99. The van der Waals surface area contributed by atoms with Crippen LogP contribution in [0.3, 0.4) is 0 Å². The van der Waals surface area contributed by atoms with E-state index in [2.05, 4.69) is 31.7 Å². The minimum absolute atomic E-state index is 0.479. The van der Waals surface area contributed by atoms with E-state index >= 15 is 0 Å². The smallest absolute Gasteiger partial charge is 0.144 e. The van der Waals surface area contributed by atoms with Crippen LogP contribution in [0.25, 0.3) is 16.7 Å². The van der Waals surface area contributed by atoms with Gasteiger partial charge in [0, 0.05) is 40.9 Å². The molecule has 5 nitrogen and oxygen atoms in total. The summed E-state index contributed by atoms with van der Waals surface area (Å²) < 4.78 is 2.05. The summed E-state index contributed by atoms with van der Waals surface area (Å²) in [6, 6.07) is 17.8. The van der Waals surface area contributed by atoms with Crippen LogP contribution < -0.4 is 5.73 Å². The van der Waals surface area contributed by atoms with Gasteiger partial charge < -0.3 is 10.3 Å². The van der Waals surface area contributed by atoms with Crippen molar-refractivity contribution in [1.82, 2.24) is 14.5 Å². The zero-order chi connectivity index (χ0) is 17.2. The molecule has 4 aromatic rings. The van der Waals surface area contributed by atoms with Crippen LogP contribution in [0.1, 0.15) is 11.3 Å². The molecule has 0 atom stereocenters. The van der Waals surface area contributed by atoms with E-state index < -0.39 is 0 Å². The fraction of sp³-hybridized carbons (Fsp3) is 0.0500. The van der Waals surface area contributed by atoms with Crippen molar-refractivity contribution in [3.05, 3.63) is 84.4 Å². The zero-order valence-corrected chi connectivity index (χ0v) is 13.8. The van der Waals surface area contributed by atoms with Crippen molar-refractivity contribution >= 4 is 22.6 Å². The van der Waals surface area contributed by atoms with Gasteiger partial charge in [-0.2, -0.15) is 0 Å². The molecule has 0 saturated carbocycles. The molecular formula is C20H17N5. The van der Waals surface area contributed by atoms with Crippen molar-refractivity contribution in [1.29, 1.82) is 0 Å². The van der Waals surface area contributed by atoms with Gasteiger partial charge in [0.05, 0.1) is 5.69 Å². The van der Waals surface area contributed by atoms with Gasteiger partial charge in [-0.25, -0.2) is 9.98 Å². The molecule has 3 aromatic heterocycles. The van der Waals surface area contributed by atoms with Gasteiger partial charge in [-0.05, 0) is 61.5 Å². The molecule has 3 heterocycles. The van der Waals surface area contributed by atoms with Crippen molar-refractivity contribution < 1.29 is 0 Å². The Morgan fingerprint density at radius 3 is 2.64 bits per heavy atom. The van der Waals surface area contributed by atoms with E-state index in [4.69, 9.17) is 5.73 Å². The van der Waals surface area contributed by atoms with E-state index in [0.717, 1.165) is 33.7 Å². The summed E-state index contributed by atoms with van der Waals surface area (Å²) in [5, 5.41) is 1.11. The van der Waals surface area contributed by atoms with Gasteiger partial charge in [0.15, 0.2) is 0 Å². The molecule has 0 fully saturated rings. The molecular weight excluding hydrogens is 310 g/mol. The monoisotopic (exact) mass is 327 g/mol. The third kappa shape index (κ3) is 2.99. The number of fused-ring (bicyclic) bond motifs is 1. The van der Waals surface area contributed by atoms with E-state index in [9.17, 15) is 0 Å². The Morgan fingerprint density at radius 2 is 1.84 bits per heavy atom. The van der Waals surface area contributed by atoms with Crippen molar-refractivity contribution in [2.24, 2.45) is 10.7 Å². The maximum atomic E-state index is 6.15. The second-order valence-corrected chi connectivity index (χ2v) is 5.80. The summed E-state index contributed by atoms with van der Waals surface area (Å²) in [5.41, 5.74) is 10.7. The number of rotatable bonds is 3. The number of amidine groups is 1. The van der Waals surface area contributed by atoms with Gasteiger partial charge in [-0.1, -0.05) is 0 Å². The predicted octanol–water partition coefficient (Wildman–Crippen LogP) is 3.77. The van der Waals surface area contributed by atoms with Crippen molar-refractivity contribution in [2.75, 3.05) is 0 Å². The van der Waals surface area contributed by atoms with Gasteiger partial charge in [-0.15, -0.1) is 0 Å². The number of nitrogens with two attached hydrogens (primary N) is 1. The first-order valence-corrected chi connectivity index (χ1v) is 8.00. The summed E-state index contributed by atoms with van der Waals surface area (Å²) in [6.07, 6.45) is 5.55. The first kappa shape index (κ1) is 15.1. The van der Waals surface area contributed by atoms with Gasteiger partial charge in [0.2, 0.25) is 0 Å². The molecule has 25 heavy (non-hydrogen) atoms. The lowest BCUT2D eigenvalue weighted by atomic mass is 10.2. The molecule has 4 rings (SSSR count). The van der Waals surface area contributed by atoms with Gasteiger partial charge >= 0.3 is 0 Å². The molecule has 0 amide bonds. The Bertz CT molecular complexity index is 1060. The number of hydrogen-bond donors (Lipinski definition) is 1. The quantitative estimate of drug-likeness (QED) is 0.460. The number of aromatic nitrogens is 3. The average Bonchev–Trinajstić information content (AvgIpc) is 3.06. The van der Waals surface area contributed by atoms with Crippen LogP contribution in [0.5, 0.6) is 0 Å². The fourth-order valence-electron chi connectivity index (χ4n) is 2.77. The van der Waals surface area contributed by atoms with Gasteiger partial charge in [-0.3, -0.25) is 4.98 Å². The van der Waals surface area contributed by atoms with Crippen LogP contribution in [0.2, 0.25) is 0 Å². The number of aryl methyl sites for hydroxylation is 1. The summed E-state index contributed by atoms with van der Waals surface area (Å²) in [6.45, 7) is 1.93. The molecule has 0 aliphatic rings. The second-order valence-electron chi connectivity index (χ2n) is 5.80. The summed E-state index contributed by atoms with van der Waals surface area (Å²) in [5.74, 6) is 0.479. The lowest BCUT2D eigenvalue weighted by molar-refractivity contribution is 1.09. The third-order valence-corrected chi connectivity index (χ3v) is 4.02. The number of pyridine rings is 2. The normalized spacial score (nSPS) is 11.8. The average molecular weight is 327 g/mol. The van der Waals surface area contributed by atoms with Crippen molar-refractivity contribution in [2.45, 2.75) is 6.92 Å². The van der Waals surface area contributed by atoms with Crippen LogP contribution in [0.15, 0.2) is 78.2 Å². The first-order valence-electron chi connectivity index (χ1n) is 8.00. The van der Waals surface area contributed by atoms with Crippen LogP contribution >= 0.6 is 0 Å². The third-order valence-electron chi connectivity index (χ3n) is 4.02. The Hall–Kier alpha value is -3.47. The fourth-order valence-corrected chi connectivity index (χ4v) is 2.77. The van der Waals surface area contributed by atoms with E-state index in [-0.39, 0.29) is 0 Å². The van der Waals surface area contributed by atoms with Gasteiger partial charge in [0.25, 0.3) is 0 Å². The molecule has 0 unspecified atom stereocenters. The first-order chi connectivity index (χ1) is 12.2. The lowest BCUT2D eigenvalue weighted by Gasteiger charge is -2.07. The maximum Gasteiger partial charge on any atom is 0.144 e. The van der Waals surface area contributed by atoms with E-state index in [1.807, 2.05) is 55.6 Å². The molecule has 0 spiro atoms. The molecule has 122 valence electrons. The largest absolute Gasteiger partial charge is 0.383 e. The maximum absolute atomic E-state index is 6.15. The van der Waals surface area contributed by atoms with E-state index in [1.165, 1.54) is 0 Å². The Balaban J connectivity index is 1.66. The number of benzene rings is 1. The Morgan fingerprint density at radius 1 is 1.00 bits per heavy atom. The highest BCUT2D eigenvalue weighted by atomic mass is 15.0. The van der Waals surface area contributed by atoms with Crippen molar-refractivity contribution in [3.8, 4) is 5.69 Å². The molecule has 1 aromatic carbocycles. The standard InChI is InChI=1S/C20H17N5/c1-14-13-17(8-11-22-14)24-19(21)15-4-6-18(7-5-15)25-12-9-16-3-2-10-23-20(16)25/h2-13H,1H3,(H2,21,22,24). The van der Waals surface area contributed by atoms with E-state index in [0.29, 0.717) is 5.84 Å². The predicted molar refractivity (Wildman–Crippen MR) is 100 cm³/mol. The van der Waals surface area contributed by atoms with Crippen LogP contribution in [0, 0.1) is 6.92 Å². The topological polar surface area (TPSA) is 69.1 Å². The highest BCUT2D eigenvalue weighted by Gasteiger charge is 2.05. The molecule has 2 N–H and O–H groups in total. The molecule has 0 aliphatic carbocycles. The summed E-state index contributed by atoms with van der Waals surface area (Å²) in [4.78, 5) is 13.1. The number of aliphatic imine (C=N–C) groups is 1. The van der Waals surface area contributed by atoms with Crippen LogP contribution in [0.4, 0.5) is 5.69 Å². The molecule has 0 bridgehead atoms. The molecule has 5 heteroatoms. The SMILES string of the molecule is Cc1cc(/N=C(/N)c2ccc(-n3ccc4cccnc43)cc2)ccn1. The second kappa shape index (κ2) is 6.20. The summed E-state index contributed by atoms with van der Waals surface area (Å²) in [7, 11) is 0. The Kier molecular flexibility index (Phi) is 3.74. The number of nitrogens with zero attached hydrogens (tertiary/aromatic N) is 4.